The molecule has 0 fully saturated rings. The van der Waals surface area contributed by atoms with Crippen LogP contribution in [0.1, 0.15) is 27.2 Å². The van der Waals surface area contributed by atoms with Crippen LogP contribution in [0.25, 0.3) is 0 Å². The Morgan fingerprint density at radius 3 is 2.61 bits per heavy atom. The molecule has 1 aliphatic carbocycles. The second-order valence-electron chi connectivity index (χ2n) is 5.14. The zero-order chi connectivity index (χ0) is 16.4. The summed E-state index contributed by atoms with van der Waals surface area (Å²) in [6.07, 6.45) is 2.81. The van der Waals surface area contributed by atoms with Crippen LogP contribution >= 0.6 is 22.9 Å². The fourth-order valence-corrected chi connectivity index (χ4v) is 4.01. The van der Waals surface area contributed by atoms with Gasteiger partial charge < -0.3 is 10.1 Å². The molecular weight excluding hydrogens is 336 g/mol. The van der Waals surface area contributed by atoms with Crippen molar-refractivity contribution in [3.05, 3.63) is 45.3 Å². The maximum absolute atomic E-state index is 12.2. The molecule has 23 heavy (non-hydrogen) atoms. The highest BCUT2D eigenvalue weighted by Gasteiger charge is 2.27. The number of amides is 2. The minimum Gasteiger partial charge on any atom is -0.465 e. The Hall–Kier alpha value is -2.05. The minimum atomic E-state index is -0.411. The van der Waals surface area contributed by atoms with Crippen molar-refractivity contribution in [2.24, 2.45) is 0 Å². The zero-order valence-corrected chi connectivity index (χ0v) is 14.0. The largest absolute Gasteiger partial charge is 0.465 e. The minimum absolute atomic E-state index is 0.405. The number of methoxy groups -OCH3 is 1. The first-order valence-electron chi connectivity index (χ1n) is 7.15. The molecule has 0 unspecified atom stereocenters. The van der Waals surface area contributed by atoms with Crippen molar-refractivity contribution in [3.8, 4) is 0 Å². The topological polar surface area (TPSA) is 67.4 Å². The van der Waals surface area contributed by atoms with Gasteiger partial charge in [0.05, 0.1) is 12.7 Å². The number of hydrogen-bond acceptors (Lipinski definition) is 4. The fraction of sp³-hybridized carbons (Fsp3) is 0.250. The van der Waals surface area contributed by atoms with Gasteiger partial charge >= 0.3 is 12.0 Å². The van der Waals surface area contributed by atoms with Crippen LogP contribution in [0, 0.1) is 0 Å². The van der Waals surface area contributed by atoms with Gasteiger partial charge in [0.25, 0.3) is 0 Å². The standard InChI is InChI=1S/C16H15ClN2O3S/c1-22-15(20)13-11-3-2-4-12(11)23-14(13)19-16(21)18-10-7-5-9(17)6-8-10/h5-8H,2-4H2,1H3,(H2,18,19,21). The zero-order valence-electron chi connectivity index (χ0n) is 12.4. The summed E-state index contributed by atoms with van der Waals surface area (Å²) < 4.78 is 4.85. The number of anilines is 2. The normalized spacial score (nSPS) is 12.6. The molecule has 0 saturated heterocycles. The number of aryl methyl sites for hydroxylation is 1. The highest BCUT2D eigenvalue weighted by Crippen LogP contribution is 2.39. The Bertz CT molecular complexity index is 755. The number of fused-ring (bicyclic) bond motifs is 1. The van der Waals surface area contributed by atoms with E-state index in [1.165, 1.54) is 18.4 Å². The molecule has 5 nitrogen and oxygen atoms in total. The molecular formula is C16H15ClN2O3S. The van der Waals surface area contributed by atoms with Gasteiger partial charge in [0.15, 0.2) is 0 Å². The molecule has 7 heteroatoms. The second kappa shape index (κ2) is 6.60. The number of carbonyl (C=O) groups is 2. The number of halogens is 1. The van der Waals surface area contributed by atoms with Crippen molar-refractivity contribution in [1.29, 1.82) is 0 Å². The molecule has 2 N–H and O–H groups in total. The van der Waals surface area contributed by atoms with Crippen molar-refractivity contribution in [1.82, 2.24) is 0 Å². The van der Waals surface area contributed by atoms with Gasteiger partial charge in [-0.05, 0) is 49.1 Å². The number of benzene rings is 1. The second-order valence-corrected chi connectivity index (χ2v) is 6.68. The van der Waals surface area contributed by atoms with Crippen LogP contribution in [-0.4, -0.2) is 19.1 Å². The predicted octanol–water partition coefficient (Wildman–Crippen LogP) is 4.32. The summed E-state index contributed by atoms with van der Waals surface area (Å²) >= 11 is 7.25. The average molecular weight is 351 g/mol. The quantitative estimate of drug-likeness (QED) is 0.810. The van der Waals surface area contributed by atoms with Crippen molar-refractivity contribution in [2.45, 2.75) is 19.3 Å². The first kappa shape index (κ1) is 15.8. The summed E-state index contributed by atoms with van der Waals surface area (Å²) in [7, 11) is 1.35. The SMILES string of the molecule is COC(=O)c1c(NC(=O)Nc2ccc(Cl)cc2)sc2c1CCC2. The molecule has 2 aromatic rings. The maximum atomic E-state index is 12.2. The van der Waals surface area contributed by atoms with Crippen LogP contribution in [0.2, 0.25) is 5.02 Å². The number of urea groups is 1. The lowest BCUT2D eigenvalue weighted by Crippen LogP contribution is -2.20. The van der Waals surface area contributed by atoms with Crippen molar-refractivity contribution >= 4 is 45.6 Å². The first-order valence-corrected chi connectivity index (χ1v) is 8.34. The van der Waals surface area contributed by atoms with Crippen molar-refractivity contribution in [2.75, 3.05) is 17.7 Å². The van der Waals surface area contributed by atoms with Crippen LogP contribution in [0.15, 0.2) is 24.3 Å². The van der Waals surface area contributed by atoms with Gasteiger partial charge in [0.2, 0.25) is 0 Å². The molecule has 0 bridgehead atoms. The van der Waals surface area contributed by atoms with Crippen LogP contribution in [0.3, 0.4) is 0 Å². The van der Waals surface area contributed by atoms with E-state index in [4.69, 9.17) is 16.3 Å². The van der Waals surface area contributed by atoms with Gasteiger partial charge in [-0.3, -0.25) is 5.32 Å². The van der Waals surface area contributed by atoms with Crippen molar-refractivity contribution in [3.63, 3.8) is 0 Å². The number of carbonyl (C=O) groups excluding carboxylic acids is 2. The van der Waals surface area contributed by atoms with Crippen molar-refractivity contribution < 1.29 is 14.3 Å². The van der Waals surface area contributed by atoms with E-state index in [2.05, 4.69) is 10.6 Å². The summed E-state index contributed by atoms with van der Waals surface area (Å²) in [6.45, 7) is 0. The first-order chi connectivity index (χ1) is 11.1. The number of thiophene rings is 1. The van der Waals surface area contributed by atoms with Gasteiger partial charge in [0, 0.05) is 15.6 Å². The van der Waals surface area contributed by atoms with E-state index in [-0.39, 0.29) is 0 Å². The van der Waals surface area contributed by atoms with E-state index in [0.29, 0.717) is 21.3 Å². The Kier molecular flexibility index (Phi) is 4.54. The Balaban J connectivity index is 1.78. The summed E-state index contributed by atoms with van der Waals surface area (Å²) in [5.74, 6) is -0.411. The maximum Gasteiger partial charge on any atom is 0.341 e. The van der Waals surface area contributed by atoms with Gasteiger partial charge in [-0.15, -0.1) is 11.3 Å². The lowest BCUT2D eigenvalue weighted by molar-refractivity contribution is 0.0601. The molecule has 0 atom stereocenters. The number of nitrogens with one attached hydrogen (secondary N) is 2. The summed E-state index contributed by atoms with van der Waals surface area (Å²) in [5.41, 5.74) is 2.11. The molecule has 0 radical (unpaired) electrons. The number of hydrogen-bond donors (Lipinski definition) is 2. The fourth-order valence-electron chi connectivity index (χ4n) is 2.61. The summed E-state index contributed by atoms with van der Waals surface area (Å²) in [6, 6.07) is 6.39. The Morgan fingerprint density at radius 1 is 1.17 bits per heavy atom. The average Bonchev–Trinajstić information content (AvgIpc) is 3.09. The molecule has 120 valence electrons. The van der Waals surface area contributed by atoms with Gasteiger partial charge in [-0.25, -0.2) is 9.59 Å². The summed E-state index contributed by atoms with van der Waals surface area (Å²) in [5, 5.41) is 6.60. The van der Waals surface area contributed by atoms with Crippen LogP contribution in [0.4, 0.5) is 15.5 Å². The predicted molar refractivity (Wildman–Crippen MR) is 91.8 cm³/mol. The van der Waals surface area contributed by atoms with E-state index in [0.717, 1.165) is 29.7 Å². The third-order valence-electron chi connectivity index (χ3n) is 3.64. The van der Waals surface area contributed by atoms with Crippen LogP contribution < -0.4 is 10.6 Å². The molecule has 1 aromatic heterocycles. The molecule has 1 aromatic carbocycles. The third-order valence-corrected chi connectivity index (χ3v) is 5.10. The monoisotopic (exact) mass is 350 g/mol. The molecule has 3 rings (SSSR count). The Labute approximate surface area is 142 Å². The molecule has 0 saturated carbocycles. The molecule has 1 heterocycles. The van der Waals surface area contributed by atoms with E-state index in [1.807, 2.05) is 0 Å². The van der Waals surface area contributed by atoms with E-state index >= 15 is 0 Å². The highest BCUT2D eigenvalue weighted by atomic mass is 35.5. The molecule has 1 aliphatic rings. The van der Waals surface area contributed by atoms with Gasteiger partial charge in [-0.1, -0.05) is 11.6 Å². The van der Waals surface area contributed by atoms with E-state index in [1.54, 1.807) is 24.3 Å². The van der Waals surface area contributed by atoms with Crippen LogP contribution in [-0.2, 0) is 17.6 Å². The Morgan fingerprint density at radius 2 is 1.91 bits per heavy atom. The number of esters is 1. The van der Waals surface area contributed by atoms with Gasteiger partial charge in [-0.2, -0.15) is 0 Å². The molecule has 0 spiro atoms. The lowest BCUT2D eigenvalue weighted by atomic mass is 10.1. The smallest absolute Gasteiger partial charge is 0.341 e. The lowest BCUT2D eigenvalue weighted by Gasteiger charge is -2.08. The van der Waals surface area contributed by atoms with Gasteiger partial charge in [0.1, 0.15) is 5.00 Å². The molecule has 0 aliphatic heterocycles. The number of ether oxygens (including phenoxy) is 1. The van der Waals surface area contributed by atoms with E-state index in [9.17, 15) is 9.59 Å². The molecule has 2 amide bonds. The summed E-state index contributed by atoms with van der Waals surface area (Å²) in [4.78, 5) is 25.3. The van der Waals surface area contributed by atoms with E-state index < -0.39 is 12.0 Å². The highest BCUT2D eigenvalue weighted by molar-refractivity contribution is 7.17. The third kappa shape index (κ3) is 3.33. The van der Waals surface area contributed by atoms with Crippen LogP contribution in [0.5, 0.6) is 0 Å². The number of rotatable bonds is 3.